The Morgan fingerprint density at radius 3 is 1.90 bits per heavy atom. The highest BCUT2D eigenvalue weighted by Crippen LogP contribution is 2.01. The molecule has 0 aromatic carbocycles. The van der Waals surface area contributed by atoms with Gasteiger partial charge in [-0.25, -0.2) is 4.79 Å². The predicted octanol–water partition coefficient (Wildman–Crippen LogP) is -4.06. The van der Waals surface area contributed by atoms with Crippen LogP contribution in [0.15, 0.2) is 0 Å². The first-order valence-electron chi connectivity index (χ1n) is 8.46. The van der Waals surface area contributed by atoms with Gasteiger partial charge < -0.3 is 38.3 Å². The summed E-state index contributed by atoms with van der Waals surface area (Å²) in [4.78, 5) is 69.4. The lowest BCUT2D eigenvalue weighted by Crippen LogP contribution is -2.56. The predicted molar refractivity (Wildman–Crippen MR) is 103 cm³/mol. The molecule has 0 aliphatic rings. The SMILES string of the molecule is CC(NC(=O)C(CCC(N)=O)NC(=O)C(N)CS)C(=O)NC(CC(N)=O)C(=O)O. The van der Waals surface area contributed by atoms with Crippen molar-refractivity contribution in [1.29, 1.82) is 0 Å². The van der Waals surface area contributed by atoms with Crippen molar-refractivity contribution < 1.29 is 33.9 Å². The Labute approximate surface area is 171 Å². The highest BCUT2D eigenvalue weighted by molar-refractivity contribution is 7.80. The number of hydrogen-bond donors (Lipinski definition) is 8. The number of aliphatic carboxylic acids is 1. The molecule has 0 aromatic heterocycles. The van der Waals surface area contributed by atoms with Gasteiger partial charge in [-0.3, -0.25) is 24.0 Å². The van der Waals surface area contributed by atoms with Gasteiger partial charge in [0, 0.05) is 12.2 Å². The van der Waals surface area contributed by atoms with Gasteiger partial charge in [-0.2, -0.15) is 12.6 Å². The topological polar surface area (TPSA) is 237 Å². The van der Waals surface area contributed by atoms with Crippen molar-refractivity contribution in [2.75, 3.05) is 5.75 Å². The van der Waals surface area contributed by atoms with E-state index in [4.69, 9.17) is 22.3 Å². The van der Waals surface area contributed by atoms with Crippen LogP contribution in [0.5, 0.6) is 0 Å². The molecule has 0 saturated carbocycles. The Bertz CT molecular complexity index is 659. The van der Waals surface area contributed by atoms with Crippen LogP contribution < -0.4 is 33.2 Å². The van der Waals surface area contributed by atoms with Gasteiger partial charge in [0.15, 0.2) is 0 Å². The van der Waals surface area contributed by atoms with Crippen LogP contribution in [0, 0.1) is 0 Å². The summed E-state index contributed by atoms with van der Waals surface area (Å²) in [6.07, 6.45) is -1.02. The van der Waals surface area contributed by atoms with E-state index in [1.54, 1.807) is 0 Å². The zero-order chi connectivity index (χ0) is 22.7. The minimum Gasteiger partial charge on any atom is -0.480 e. The molecule has 0 spiro atoms. The fraction of sp³-hybridized carbons (Fsp3) is 0.600. The van der Waals surface area contributed by atoms with E-state index in [-0.39, 0.29) is 18.6 Å². The summed E-state index contributed by atoms with van der Waals surface area (Å²) in [7, 11) is 0. The summed E-state index contributed by atoms with van der Waals surface area (Å²) in [6.45, 7) is 1.25. The van der Waals surface area contributed by atoms with E-state index in [0.717, 1.165) is 0 Å². The molecule has 4 atom stereocenters. The van der Waals surface area contributed by atoms with E-state index in [9.17, 15) is 28.8 Å². The molecule has 0 radical (unpaired) electrons. The second-order valence-corrected chi connectivity index (χ2v) is 6.52. The van der Waals surface area contributed by atoms with Crippen molar-refractivity contribution in [3.8, 4) is 0 Å². The number of nitrogens with one attached hydrogen (secondary N) is 3. The molecule has 0 heterocycles. The fourth-order valence-corrected chi connectivity index (χ4v) is 2.16. The summed E-state index contributed by atoms with van der Waals surface area (Å²) in [5.74, 6) is -5.56. The molecular weight excluding hydrogens is 408 g/mol. The molecule has 164 valence electrons. The normalized spacial score (nSPS) is 14.6. The zero-order valence-electron chi connectivity index (χ0n) is 15.7. The number of carboxylic acids is 1. The van der Waals surface area contributed by atoms with Gasteiger partial charge in [0.05, 0.1) is 12.5 Å². The van der Waals surface area contributed by atoms with Crippen LogP contribution in [0.3, 0.4) is 0 Å². The highest BCUT2D eigenvalue weighted by Gasteiger charge is 2.28. The van der Waals surface area contributed by atoms with Gasteiger partial charge in [-0.05, 0) is 13.3 Å². The molecule has 14 heteroatoms. The van der Waals surface area contributed by atoms with Gasteiger partial charge in [0.2, 0.25) is 29.5 Å². The minimum atomic E-state index is -1.57. The zero-order valence-corrected chi connectivity index (χ0v) is 16.6. The van der Waals surface area contributed by atoms with Gasteiger partial charge >= 0.3 is 5.97 Å². The number of carbonyl (C=O) groups excluding carboxylic acids is 5. The van der Waals surface area contributed by atoms with Crippen molar-refractivity contribution >= 4 is 48.1 Å². The average molecular weight is 434 g/mol. The van der Waals surface area contributed by atoms with Gasteiger partial charge in [0.25, 0.3) is 0 Å². The summed E-state index contributed by atoms with van der Waals surface area (Å²) in [5.41, 5.74) is 15.5. The third kappa shape index (κ3) is 10.3. The molecule has 0 rings (SSSR count). The molecule has 0 aromatic rings. The molecule has 10 N–H and O–H groups in total. The smallest absolute Gasteiger partial charge is 0.326 e. The number of rotatable bonds is 13. The third-order valence-corrected chi connectivity index (χ3v) is 4.01. The third-order valence-electron chi connectivity index (χ3n) is 3.62. The summed E-state index contributed by atoms with van der Waals surface area (Å²) in [5, 5.41) is 15.7. The maximum atomic E-state index is 12.4. The number of hydrogen-bond acceptors (Lipinski definition) is 8. The van der Waals surface area contributed by atoms with Crippen LogP contribution in [-0.4, -0.2) is 70.5 Å². The summed E-state index contributed by atoms with van der Waals surface area (Å²) < 4.78 is 0. The second-order valence-electron chi connectivity index (χ2n) is 6.16. The van der Waals surface area contributed by atoms with Crippen molar-refractivity contribution in [2.24, 2.45) is 17.2 Å². The van der Waals surface area contributed by atoms with E-state index in [1.165, 1.54) is 6.92 Å². The summed E-state index contributed by atoms with van der Waals surface area (Å²) in [6, 6.07) is -5.04. The average Bonchev–Trinajstić information content (AvgIpc) is 2.62. The molecular formula is C15H26N6O7S. The lowest BCUT2D eigenvalue weighted by Gasteiger charge is -2.23. The maximum absolute atomic E-state index is 12.4. The number of thiol groups is 1. The molecule has 29 heavy (non-hydrogen) atoms. The van der Waals surface area contributed by atoms with Crippen molar-refractivity contribution in [3.05, 3.63) is 0 Å². The molecule has 0 saturated heterocycles. The monoisotopic (exact) mass is 434 g/mol. The van der Waals surface area contributed by atoms with E-state index < -0.39 is 66.1 Å². The Morgan fingerprint density at radius 1 is 0.897 bits per heavy atom. The van der Waals surface area contributed by atoms with Gasteiger partial charge in [-0.15, -0.1) is 0 Å². The van der Waals surface area contributed by atoms with E-state index >= 15 is 0 Å². The maximum Gasteiger partial charge on any atom is 0.326 e. The fourth-order valence-electron chi connectivity index (χ4n) is 1.99. The number of primary amides is 2. The molecule has 5 amide bonds. The molecule has 0 aliphatic carbocycles. The van der Waals surface area contributed by atoms with Crippen LogP contribution >= 0.6 is 12.6 Å². The van der Waals surface area contributed by atoms with Crippen LogP contribution in [0.2, 0.25) is 0 Å². The Morgan fingerprint density at radius 2 is 1.45 bits per heavy atom. The molecule has 0 fully saturated rings. The largest absolute Gasteiger partial charge is 0.480 e. The molecule has 0 aliphatic heterocycles. The van der Waals surface area contributed by atoms with Crippen LogP contribution in [0.25, 0.3) is 0 Å². The number of carbonyl (C=O) groups is 6. The number of carboxylic acid groups (broad SMARTS) is 1. The summed E-state index contributed by atoms with van der Waals surface area (Å²) >= 11 is 3.87. The van der Waals surface area contributed by atoms with Crippen molar-refractivity contribution in [2.45, 2.75) is 50.4 Å². The van der Waals surface area contributed by atoms with E-state index in [1.807, 2.05) is 0 Å². The van der Waals surface area contributed by atoms with Gasteiger partial charge in [-0.1, -0.05) is 0 Å². The highest BCUT2D eigenvalue weighted by atomic mass is 32.1. The lowest BCUT2D eigenvalue weighted by molar-refractivity contribution is -0.143. The number of nitrogens with two attached hydrogens (primary N) is 3. The first-order chi connectivity index (χ1) is 13.4. The Balaban J connectivity index is 5.08. The van der Waals surface area contributed by atoms with Crippen LogP contribution in [0.4, 0.5) is 0 Å². The first-order valence-corrected chi connectivity index (χ1v) is 9.09. The van der Waals surface area contributed by atoms with Crippen molar-refractivity contribution in [1.82, 2.24) is 16.0 Å². The Hall–Kier alpha value is -2.87. The minimum absolute atomic E-state index is 0.00520. The Kier molecular flexibility index (Phi) is 11.3. The van der Waals surface area contributed by atoms with E-state index in [0.29, 0.717) is 0 Å². The van der Waals surface area contributed by atoms with Gasteiger partial charge in [0.1, 0.15) is 18.1 Å². The quantitative estimate of drug-likeness (QED) is 0.132. The standard InChI is InChI=1S/C15H26N6O7S/c1-6(12(24)21-9(15(27)28)4-11(18)23)19-14(26)8(2-3-10(17)22)20-13(25)7(16)5-29/h6-9,29H,2-5,16H2,1H3,(H2,17,22)(H2,18,23)(H,19,26)(H,20,25)(H,21,24)(H,27,28). The molecule has 13 nitrogen and oxygen atoms in total. The van der Waals surface area contributed by atoms with Crippen molar-refractivity contribution in [3.63, 3.8) is 0 Å². The second kappa shape index (κ2) is 12.6. The van der Waals surface area contributed by atoms with Crippen LogP contribution in [-0.2, 0) is 28.8 Å². The van der Waals surface area contributed by atoms with Crippen LogP contribution in [0.1, 0.15) is 26.2 Å². The molecule has 0 bridgehead atoms. The lowest BCUT2D eigenvalue weighted by atomic mass is 10.1. The number of amides is 5. The first kappa shape index (κ1) is 26.1. The molecule has 4 unspecified atom stereocenters. The van der Waals surface area contributed by atoms with E-state index in [2.05, 4.69) is 28.6 Å².